The number of non-ortho nitro benzene ring substituents is 1. The molecular weight excluding hydrogens is 1000 g/mol. The van der Waals surface area contributed by atoms with Gasteiger partial charge < -0.3 is 99.5 Å². The van der Waals surface area contributed by atoms with Crippen molar-refractivity contribution in [1.29, 1.82) is 0 Å². The number of nitrogens with zero attached hydrogens (tertiary/aromatic N) is 4. The van der Waals surface area contributed by atoms with Crippen molar-refractivity contribution in [3.8, 4) is 5.75 Å². The molecule has 436 valence electrons. The highest BCUT2D eigenvalue weighted by molar-refractivity contribution is 5.63. The quantitative estimate of drug-likeness (QED) is 0.0132. The van der Waals surface area contributed by atoms with Crippen molar-refractivity contribution >= 4 is 11.8 Å². The van der Waals surface area contributed by atoms with E-state index in [4.69, 9.17) is 105 Å². The Labute approximate surface area is 440 Å². The van der Waals surface area contributed by atoms with Crippen LogP contribution in [0.25, 0.3) is 10.4 Å². The Morgan fingerprint density at radius 1 is 0.360 bits per heavy atom. The number of hydrogen-bond donors (Lipinski definition) is 0. The van der Waals surface area contributed by atoms with E-state index < -0.39 is 11.1 Å². The molecule has 0 fully saturated rings. The zero-order valence-electron chi connectivity index (χ0n) is 43.7. The van der Waals surface area contributed by atoms with Crippen molar-refractivity contribution in [2.45, 2.75) is 0 Å². The number of rotatable bonds is 62. The van der Waals surface area contributed by atoms with Crippen LogP contribution >= 0.6 is 0 Å². The number of carbonyl (C=O) groups is 1. The molecule has 1 aromatic carbocycles. The summed E-state index contributed by atoms with van der Waals surface area (Å²) in [5.41, 5.74) is 8.05. The van der Waals surface area contributed by atoms with Crippen LogP contribution in [-0.4, -0.2) is 275 Å². The van der Waals surface area contributed by atoms with Crippen LogP contribution in [0.15, 0.2) is 29.4 Å². The highest BCUT2D eigenvalue weighted by atomic mass is 16.7. The van der Waals surface area contributed by atoms with Gasteiger partial charge in [-0.2, -0.15) is 0 Å². The van der Waals surface area contributed by atoms with Crippen LogP contribution < -0.4 is 4.74 Å². The summed E-state index contributed by atoms with van der Waals surface area (Å²) in [5, 5.41) is 14.0. The monoisotopic (exact) mass is 1090 g/mol. The first-order chi connectivity index (χ1) is 37.1. The van der Waals surface area contributed by atoms with Crippen LogP contribution in [-0.2, 0) is 94.7 Å². The summed E-state index contributed by atoms with van der Waals surface area (Å²) in [6, 6.07) is 5.06. The lowest BCUT2D eigenvalue weighted by Gasteiger charge is -2.09. The minimum atomic E-state index is -0.934. The molecule has 0 spiro atoms. The second-order valence-electron chi connectivity index (χ2n) is 14.5. The molecule has 0 bridgehead atoms. The molecule has 28 nitrogen and oxygen atoms in total. The lowest BCUT2D eigenvalue weighted by Crippen LogP contribution is -2.16. The van der Waals surface area contributed by atoms with E-state index in [1.165, 1.54) is 24.3 Å². The van der Waals surface area contributed by atoms with E-state index in [1.54, 1.807) is 0 Å². The summed E-state index contributed by atoms with van der Waals surface area (Å²) in [4.78, 5) is 24.4. The summed E-state index contributed by atoms with van der Waals surface area (Å²) in [7, 11) is 0. The Balaban J connectivity index is 1.61. The molecule has 0 aliphatic heterocycles. The van der Waals surface area contributed by atoms with Gasteiger partial charge in [-0.1, -0.05) is 5.11 Å². The fourth-order valence-corrected chi connectivity index (χ4v) is 5.16. The molecule has 0 radical (unpaired) electrons. The average molecular weight is 1090 g/mol. The van der Waals surface area contributed by atoms with Gasteiger partial charge in [0.2, 0.25) is 0 Å². The van der Waals surface area contributed by atoms with Crippen molar-refractivity contribution in [3.63, 3.8) is 0 Å². The average Bonchev–Trinajstić information content (AvgIpc) is 3.41. The third-order valence-corrected chi connectivity index (χ3v) is 8.79. The van der Waals surface area contributed by atoms with E-state index in [1.807, 2.05) is 0 Å². The van der Waals surface area contributed by atoms with Crippen LogP contribution in [0.2, 0.25) is 0 Å². The van der Waals surface area contributed by atoms with Gasteiger partial charge in [-0.05, 0) is 17.7 Å². The van der Waals surface area contributed by atoms with Crippen molar-refractivity contribution in [3.05, 3.63) is 44.8 Å². The molecule has 0 heterocycles. The highest BCUT2D eigenvalue weighted by Gasteiger charge is 2.09. The van der Waals surface area contributed by atoms with Gasteiger partial charge in [0.1, 0.15) is 12.4 Å². The van der Waals surface area contributed by atoms with E-state index in [9.17, 15) is 14.9 Å². The summed E-state index contributed by atoms with van der Waals surface area (Å²) in [6.07, 6.45) is -0.934. The topological polar surface area (TPSA) is 303 Å². The Bertz CT molecular complexity index is 1410. The van der Waals surface area contributed by atoms with Crippen LogP contribution in [0.4, 0.5) is 10.5 Å². The fourth-order valence-electron chi connectivity index (χ4n) is 5.16. The van der Waals surface area contributed by atoms with Crippen molar-refractivity contribution in [2.75, 3.05) is 264 Å². The molecule has 0 aliphatic rings. The van der Waals surface area contributed by atoms with Crippen molar-refractivity contribution < 1.29 is 109 Å². The van der Waals surface area contributed by atoms with E-state index in [2.05, 4.69) is 10.0 Å². The van der Waals surface area contributed by atoms with E-state index >= 15 is 0 Å². The fraction of sp³-hybridized carbons (Fsp3) is 0.851. The maximum atomic E-state index is 11.7. The summed E-state index contributed by atoms with van der Waals surface area (Å²) >= 11 is 0. The summed E-state index contributed by atoms with van der Waals surface area (Å²) in [5.74, 6) is 0.135. The molecule has 0 saturated heterocycles. The molecule has 1 aromatic rings. The van der Waals surface area contributed by atoms with Crippen molar-refractivity contribution in [1.82, 2.24) is 0 Å². The molecule has 28 heteroatoms. The molecule has 0 atom stereocenters. The van der Waals surface area contributed by atoms with Crippen LogP contribution in [0, 0.1) is 10.1 Å². The van der Waals surface area contributed by atoms with Crippen LogP contribution in [0.3, 0.4) is 0 Å². The first-order valence-electron chi connectivity index (χ1n) is 25.2. The molecule has 0 amide bonds. The Morgan fingerprint density at radius 2 is 0.560 bits per heavy atom. The molecule has 1 rings (SSSR count). The minimum absolute atomic E-state index is 0.0170. The van der Waals surface area contributed by atoms with Crippen LogP contribution in [0.1, 0.15) is 0 Å². The van der Waals surface area contributed by atoms with Gasteiger partial charge in [0, 0.05) is 23.6 Å². The third-order valence-electron chi connectivity index (χ3n) is 8.79. The maximum Gasteiger partial charge on any atom is 0.513 e. The molecule has 0 N–H and O–H groups in total. The Morgan fingerprint density at radius 3 is 0.760 bits per heavy atom. The smallest absolute Gasteiger partial charge is 0.432 e. The number of benzene rings is 1. The van der Waals surface area contributed by atoms with Gasteiger partial charge in [-0.3, -0.25) is 10.1 Å². The highest BCUT2D eigenvalue weighted by Crippen LogP contribution is 2.17. The van der Waals surface area contributed by atoms with Crippen LogP contribution in [0.5, 0.6) is 5.75 Å². The van der Waals surface area contributed by atoms with Gasteiger partial charge >= 0.3 is 6.16 Å². The van der Waals surface area contributed by atoms with Gasteiger partial charge in [-0.25, -0.2) is 4.79 Å². The first kappa shape index (κ1) is 69.5. The van der Waals surface area contributed by atoms with E-state index in [0.29, 0.717) is 251 Å². The number of hydrogen-bond acceptors (Lipinski definition) is 25. The number of carbonyl (C=O) groups excluding carboxylic acids is 1. The number of nitro groups is 1. The Hall–Kier alpha value is -3.56. The number of nitro benzene ring substituents is 1. The van der Waals surface area contributed by atoms with E-state index in [-0.39, 0.29) is 24.7 Å². The van der Waals surface area contributed by atoms with E-state index in [0.717, 1.165) is 0 Å². The molecule has 0 unspecified atom stereocenters. The molecule has 0 aromatic heterocycles. The predicted molar refractivity (Wildman–Crippen MR) is 265 cm³/mol. The number of ether oxygens (including phenoxy) is 21. The largest absolute Gasteiger partial charge is 0.513 e. The normalized spacial score (nSPS) is 11.3. The zero-order valence-corrected chi connectivity index (χ0v) is 43.7. The first-order valence-corrected chi connectivity index (χ1v) is 25.2. The summed E-state index contributed by atoms with van der Waals surface area (Å²) < 4.78 is 113. The Kier molecular flexibility index (Phi) is 55.3. The third kappa shape index (κ3) is 55.0. The lowest BCUT2D eigenvalue weighted by atomic mass is 10.3. The SMILES string of the molecule is [N-]=[N+]=NCCOCCOCCOCCOCCOCCOCCOCCOCCOCCOCCOCCOCCOCCOCCOCCOCCOCCOCCOCCOC(=O)Oc1ccc([N+](=O)[O-])cc1. The van der Waals surface area contributed by atoms with Gasteiger partial charge in [-0.15, -0.1) is 0 Å². The maximum absolute atomic E-state index is 11.7. The van der Waals surface area contributed by atoms with Gasteiger partial charge in [0.05, 0.1) is 256 Å². The van der Waals surface area contributed by atoms with Gasteiger partial charge in [0.15, 0.2) is 0 Å². The number of azide groups is 1. The zero-order chi connectivity index (χ0) is 53.7. The van der Waals surface area contributed by atoms with Gasteiger partial charge in [0.25, 0.3) is 5.69 Å². The second kappa shape index (κ2) is 59.7. The molecule has 75 heavy (non-hydrogen) atoms. The predicted octanol–water partition coefficient (Wildman–Crippen LogP) is 2.74. The minimum Gasteiger partial charge on any atom is -0.432 e. The second-order valence-corrected chi connectivity index (χ2v) is 14.5. The molecule has 0 saturated carbocycles. The standard InChI is InChI=1S/C47H84N4O24/c48-50-49-5-6-55-7-8-56-9-10-57-11-12-58-13-14-59-15-16-60-17-18-61-19-20-62-21-22-63-23-24-64-25-26-65-27-28-66-29-30-67-31-32-68-33-34-69-35-36-70-37-38-71-39-40-72-41-42-73-43-44-74-47(52)75-46-3-1-45(2-4-46)51(53)54/h1-4H,5-44H2. The summed E-state index contributed by atoms with van der Waals surface area (Å²) in [6.45, 7) is 17.3. The molecular formula is C47H84N4O24. The lowest BCUT2D eigenvalue weighted by molar-refractivity contribution is -0.384. The molecule has 0 aliphatic carbocycles. The van der Waals surface area contributed by atoms with Crippen molar-refractivity contribution in [2.24, 2.45) is 5.11 Å².